The van der Waals surface area contributed by atoms with Crippen LogP contribution in [-0.4, -0.2) is 29.3 Å². The second-order valence-corrected chi connectivity index (χ2v) is 4.50. The van der Waals surface area contributed by atoms with Crippen LogP contribution in [0.2, 0.25) is 0 Å². The number of carbonyl (C=O) groups excluding carboxylic acids is 1. The number of nitrogens with one attached hydrogen (secondary N) is 2. The van der Waals surface area contributed by atoms with Crippen molar-refractivity contribution in [1.82, 2.24) is 20.4 Å². The molecule has 0 saturated heterocycles. The lowest BCUT2D eigenvalue weighted by molar-refractivity contribution is -0.119. The molecule has 1 aliphatic carbocycles. The molecule has 94 valence electrons. The highest BCUT2D eigenvalue weighted by Gasteiger charge is 2.17. The van der Waals surface area contributed by atoms with Gasteiger partial charge in [-0.15, -0.1) is 0 Å². The van der Waals surface area contributed by atoms with Gasteiger partial charge in [0.15, 0.2) is 0 Å². The number of rotatable bonds is 5. The van der Waals surface area contributed by atoms with Gasteiger partial charge in [-0.05, 0) is 18.9 Å². The van der Waals surface area contributed by atoms with Gasteiger partial charge < -0.3 is 10.6 Å². The average molecular weight is 236 g/mol. The minimum absolute atomic E-state index is 0.000209. The summed E-state index contributed by atoms with van der Waals surface area (Å²) in [5.74, 6) is 0.000209. The zero-order valence-electron chi connectivity index (χ0n) is 10.3. The molecule has 1 aliphatic rings. The minimum atomic E-state index is 0.000209. The number of carbonyl (C=O) groups is 1. The predicted octanol–water partition coefficient (Wildman–Crippen LogP) is 0.834. The van der Waals surface area contributed by atoms with E-state index in [1.165, 1.54) is 25.7 Å². The van der Waals surface area contributed by atoms with Crippen molar-refractivity contribution in [2.24, 2.45) is 0 Å². The third-order valence-corrected chi connectivity index (χ3v) is 3.23. The van der Waals surface area contributed by atoms with E-state index in [9.17, 15) is 4.79 Å². The highest BCUT2D eigenvalue weighted by Crippen LogP contribution is 2.28. The highest BCUT2D eigenvalue weighted by molar-refractivity contribution is 5.77. The van der Waals surface area contributed by atoms with Crippen LogP contribution in [0.4, 0.5) is 0 Å². The summed E-state index contributed by atoms with van der Waals surface area (Å²) in [5, 5.41) is 10.2. The van der Waals surface area contributed by atoms with E-state index in [1.807, 2.05) is 12.3 Å². The van der Waals surface area contributed by atoms with E-state index in [0.29, 0.717) is 19.1 Å². The molecule has 1 fully saturated rings. The quantitative estimate of drug-likeness (QED) is 0.796. The molecule has 2 N–H and O–H groups in total. The third kappa shape index (κ3) is 3.30. The first-order chi connectivity index (χ1) is 8.29. The van der Waals surface area contributed by atoms with E-state index in [0.717, 1.165) is 5.69 Å². The molecule has 0 atom stereocenters. The molecule has 0 aromatic carbocycles. The van der Waals surface area contributed by atoms with Gasteiger partial charge in [0.1, 0.15) is 0 Å². The first-order valence-electron chi connectivity index (χ1n) is 6.25. The summed E-state index contributed by atoms with van der Waals surface area (Å²) in [7, 11) is 1.64. The van der Waals surface area contributed by atoms with Crippen LogP contribution in [0.5, 0.6) is 0 Å². The molecule has 5 heteroatoms. The van der Waals surface area contributed by atoms with Gasteiger partial charge in [0, 0.05) is 19.8 Å². The lowest BCUT2D eigenvalue weighted by Gasteiger charge is -2.08. The van der Waals surface area contributed by atoms with E-state index in [-0.39, 0.29) is 5.91 Å². The summed E-state index contributed by atoms with van der Waals surface area (Å²) < 4.78 is 2.07. The number of hydrogen-bond donors (Lipinski definition) is 2. The molecule has 17 heavy (non-hydrogen) atoms. The van der Waals surface area contributed by atoms with Crippen molar-refractivity contribution in [2.75, 3.05) is 13.6 Å². The van der Waals surface area contributed by atoms with Crippen LogP contribution in [0.3, 0.4) is 0 Å². The van der Waals surface area contributed by atoms with Crippen molar-refractivity contribution in [2.45, 2.75) is 38.3 Å². The maximum atomic E-state index is 11.0. The Morgan fingerprint density at radius 3 is 3.00 bits per heavy atom. The standard InChI is InChI=1S/C12H20N4O/c1-13-12(17)9-14-8-10-6-7-16(15-10)11-4-2-3-5-11/h6-7,11,14H,2-5,8-9H2,1H3,(H,13,17). The van der Waals surface area contributed by atoms with Crippen molar-refractivity contribution >= 4 is 5.91 Å². The lowest BCUT2D eigenvalue weighted by Crippen LogP contribution is -2.31. The largest absolute Gasteiger partial charge is 0.358 e. The van der Waals surface area contributed by atoms with Crippen LogP contribution in [0.25, 0.3) is 0 Å². The molecule has 5 nitrogen and oxygen atoms in total. The van der Waals surface area contributed by atoms with Gasteiger partial charge in [0.25, 0.3) is 0 Å². The summed E-state index contributed by atoms with van der Waals surface area (Å²) in [6, 6.07) is 2.61. The number of hydrogen-bond acceptors (Lipinski definition) is 3. The summed E-state index contributed by atoms with van der Waals surface area (Å²) >= 11 is 0. The SMILES string of the molecule is CNC(=O)CNCc1ccn(C2CCCC2)n1. The fraction of sp³-hybridized carbons (Fsp3) is 0.667. The zero-order chi connectivity index (χ0) is 12.1. The topological polar surface area (TPSA) is 59.0 Å². The molecular weight excluding hydrogens is 216 g/mol. The number of nitrogens with zero attached hydrogens (tertiary/aromatic N) is 2. The van der Waals surface area contributed by atoms with Gasteiger partial charge in [-0.25, -0.2) is 0 Å². The molecule has 1 amide bonds. The zero-order valence-corrected chi connectivity index (χ0v) is 10.3. The Balaban J connectivity index is 1.79. The predicted molar refractivity (Wildman–Crippen MR) is 65.5 cm³/mol. The van der Waals surface area contributed by atoms with Crippen molar-refractivity contribution in [3.05, 3.63) is 18.0 Å². The Bertz CT molecular complexity index is 368. The monoisotopic (exact) mass is 236 g/mol. The molecule has 2 rings (SSSR count). The second kappa shape index (κ2) is 5.82. The fourth-order valence-corrected chi connectivity index (χ4v) is 2.24. The van der Waals surface area contributed by atoms with Gasteiger partial charge >= 0.3 is 0 Å². The maximum absolute atomic E-state index is 11.0. The molecule has 0 unspecified atom stereocenters. The molecule has 0 radical (unpaired) electrons. The minimum Gasteiger partial charge on any atom is -0.358 e. The first kappa shape index (κ1) is 12.1. The molecule has 1 heterocycles. The van der Waals surface area contributed by atoms with Gasteiger partial charge in [0.05, 0.1) is 18.3 Å². The van der Waals surface area contributed by atoms with Crippen LogP contribution in [-0.2, 0) is 11.3 Å². The fourth-order valence-electron chi connectivity index (χ4n) is 2.24. The van der Waals surface area contributed by atoms with E-state index in [2.05, 4.69) is 20.4 Å². The lowest BCUT2D eigenvalue weighted by atomic mass is 10.3. The number of amides is 1. The average Bonchev–Trinajstić information content (AvgIpc) is 2.98. The molecule has 0 spiro atoms. The van der Waals surface area contributed by atoms with E-state index in [1.54, 1.807) is 7.05 Å². The highest BCUT2D eigenvalue weighted by atomic mass is 16.1. The molecule has 1 aromatic heterocycles. The molecule has 1 aromatic rings. The Kier molecular flexibility index (Phi) is 4.14. The first-order valence-corrected chi connectivity index (χ1v) is 6.25. The number of aromatic nitrogens is 2. The Morgan fingerprint density at radius 2 is 2.29 bits per heavy atom. The summed E-state index contributed by atoms with van der Waals surface area (Å²) in [6.07, 6.45) is 7.16. The van der Waals surface area contributed by atoms with Crippen LogP contribution < -0.4 is 10.6 Å². The summed E-state index contributed by atoms with van der Waals surface area (Å²) in [6.45, 7) is 0.986. The van der Waals surface area contributed by atoms with Gasteiger partial charge in [-0.3, -0.25) is 9.48 Å². The maximum Gasteiger partial charge on any atom is 0.233 e. The van der Waals surface area contributed by atoms with E-state index < -0.39 is 0 Å². The van der Waals surface area contributed by atoms with Crippen molar-refractivity contribution < 1.29 is 4.79 Å². The van der Waals surface area contributed by atoms with Crippen LogP contribution in [0, 0.1) is 0 Å². The molecule has 0 aliphatic heterocycles. The summed E-state index contributed by atoms with van der Waals surface area (Å²) in [5.41, 5.74) is 1.00. The third-order valence-electron chi connectivity index (χ3n) is 3.23. The van der Waals surface area contributed by atoms with Crippen molar-refractivity contribution in [3.63, 3.8) is 0 Å². The Hall–Kier alpha value is -1.36. The molecule has 1 saturated carbocycles. The van der Waals surface area contributed by atoms with Gasteiger partial charge in [0.2, 0.25) is 5.91 Å². The van der Waals surface area contributed by atoms with E-state index in [4.69, 9.17) is 0 Å². The second-order valence-electron chi connectivity index (χ2n) is 4.50. The number of likely N-dealkylation sites (N-methyl/N-ethyl adjacent to an activating group) is 1. The van der Waals surface area contributed by atoms with Gasteiger partial charge in [-0.2, -0.15) is 5.10 Å². The van der Waals surface area contributed by atoms with Crippen LogP contribution in [0.15, 0.2) is 12.3 Å². The van der Waals surface area contributed by atoms with Gasteiger partial charge in [-0.1, -0.05) is 12.8 Å². The van der Waals surface area contributed by atoms with Crippen molar-refractivity contribution in [1.29, 1.82) is 0 Å². The Morgan fingerprint density at radius 1 is 1.53 bits per heavy atom. The molecule has 0 bridgehead atoms. The summed E-state index contributed by atoms with van der Waals surface area (Å²) in [4.78, 5) is 11.0. The smallest absolute Gasteiger partial charge is 0.233 e. The normalized spacial score (nSPS) is 16.3. The Labute approximate surface area is 102 Å². The van der Waals surface area contributed by atoms with Crippen LogP contribution in [0.1, 0.15) is 37.4 Å². The van der Waals surface area contributed by atoms with Crippen molar-refractivity contribution in [3.8, 4) is 0 Å². The van der Waals surface area contributed by atoms with Crippen LogP contribution >= 0.6 is 0 Å². The molecular formula is C12H20N4O. The van der Waals surface area contributed by atoms with E-state index >= 15 is 0 Å².